The summed E-state index contributed by atoms with van der Waals surface area (Å²) in [6.45, 7) is 0.257. The molecule has 0 atom stereocenters. The lowest BCUT2D eigenvalue weighted by Gasteiger charge is -2.06. The van der Waals surface area contributed by atoms with E-state index in [0.29, 0.717) is 22.9 Å². The molecule has 1 aromatic carbocycles. The van der Waals surface area contributed by atoms with Crippen molar-refractivity contribution in [3.05, 3.63) is 29.3 Å². The van der Waals surface area contributed by atoms with Gasteiger partial charge in [0.2, 0.25) is 5.91 Å². The number of nitrogens with one attached hydrogen (secondary N) is 3. The zero-order chi connectivity index (χ0) is 13.4. The summed E-state index contributed by atoms with van der Waals surface area (Å²) >= 11 is 0. The molecule has 19 heavy (non-hydrogen) atoms. The van der Waals surface area contributed by atoms with Gasteiger partial charge in [-0.25, -0.2) is 0 Å². The van der Waals surface area contributed by atoms with Crippen LogP contribution in [0.25, 0.3) is 0 Å². The highest BCUT2D eigenvalue weighted by molar-refractivity contribution is 6.22. The number of hydrogen-bond acceptors (Lipinski definition) is 4. The topological polar surface area (TPSA) is 87.3 Å². The van der Waals surface area contributed by atoms with Crippen LogP contribution in [-0.2, 0) is 4.79 Å². The average Bonchev–Trinajstić information content (AvgIpc) is 3.15. The molecule has 1 fully saturated rings. The third-order valence-corrected chi connectivity index (χ3v) is 3.15. The first kappa shape index (κ1) is 11.9. The van der Waals surface area contributed by atoms with E-state index in [4.69, 9.17) is 0 Å². The van der Waals surface area contributed by atoms with Gasteiger partial charge in [0.15, 0.2) is 0 Å². The van der Waals surface area contributed by atoms with Crippen LogP contribution in [0.2, 0.25) is 0 Å². The van der Waals surface area contributed by atoms with Crippen molar-refractivity contribution in [2.75, 3.05) is 11.9 Å². The second-order valence-corrected chi connectivity index (χ2v) is 4.75. The van der Waals surface area contributed by atoms with Gasteiger partial charge < -0.3 is 10.6 Å². The van der Waals surface area contributed by atoms with Crippen LogP contribution in [0.15, 0.2) is 18.2 Å². The molecule has 6 heteroatoms. The summed E-state index contributed by atoms with van der Waals surface area (Å²) in [5.41, 5.74) is 1.17. The van der Waals surface area contributed by atoms with Crippen molar-refractivity contribution in [2.45, 2.75) is 18.9 Å². The second-order valence-electron chi connectivity index (χ2n) is 4.75. The van der Waals surface area contributed by atoms with E-state index in [0.717, 1.165) is 12.8 Å². The quantitative estimate of drug-likeness (QED) is 0.677. The number of carbonyl (C=O) groups excluding carboxylic acids is 3. The van der Waals surface area contributed by atoms with Crippen molar-refractivity contribution in [3.63, 3.8) is 0 Å². The molecule has 0 aromatic heterocycles. The average molecular weight is 259 g/mol. The second kappa shape index (κ2) is 4.47. The van der Waals surface area contributed by atoms with Gasteiger partial charge in [0.05, 0.1) is 17.7 Å². The first-order chi connectivity index (χ1) is 9.13. The Balaban J connectivity index is 1.68. The zero-order valence-corrected chi connectivity index (χ0v) is 10.2. The number of imide groups is 1. The van der Waals surface area contributed by atoms with Gasteiger partial charge >= 0.3 is 0 Å². The normalized spacial score (nSPS) is 17.1. The number of hydrogen-bond donors (Lipinski definition) is 3. The summed E-state index contributed by atoms with van der Waals surface area (Å²) in [5.74, 6) is -0.975. The van der Waals surface area contributed by atoms with Crippen molar-refractivity contribution < 1.29 is 14.4 Å². The summed E-state index contributed by atoms with van der Waals surface area (Å²) in [5, 5.41) is 8.00. The minimum Gasteiger partial charge on any atom is -0.325 e. The molecular formula is C13H13N3O3. The van der Waals surface area contributed by atoms with Gasteiger partial charge in [0.25, 0.3) is 11.8 Å². The van der Waals surface area contributed by atoms with E-state index in [2.05, 4.69) is 16.0 Å². The monoisotopic (exact) mass is 259 g/mol. The summed E-state index contributed by atoms with van der Waals surface area (Å²) < 4.78 is 0. The Kier molecular flexibility index (Phi) is 2.79. The summed E-state index contributed by atoms with van der Waals surface area (Å²) in [6, 6.07) is 5.14. The van der Waals surface area contributed by atoms with E-state index >= 15 is 0 Å². The van der Waals surface area contributed by atoms with E-state index in [-0.39, 0.29) is 12.5 Å². The fourth-order valence-corrected chi connectivity index (χ4v) is 1.98. The fourth-order valence-electron chi connectivity index (χ4n) is 1.98. The molecule has 1 aromatic rings. The highest BCUT2D eigenvalue weighted by atomic mass is 16.2. The summed E-state index contributed by atoms with van der Waals surface area (Å²) in [7, 11) is 0. The number of carbonyl (C=O) groups is 3. The largest absolute Gasteiger partial charge is 0.325 e. The molecule has 0 radical (unpaired) electrons. The number of amides is 3. The van der Waals surface area contributed by atoms with Crippen molar-refractivity contribution in [1.82, 2.24) is 10.6 Å². The molecule has 1 aliphatic heterocycles. The van der Waals surface area contributed by atoms with E-state index in [1.54, 1.807) is 12.1 Å². The predicted octanol–water partition coefficient (Wildman–Crippen LogP) is 0.261. The number of benzene rings is 1. The highest BCUT2D eigenvalue weighted by Crippen LogP contribution is 2.20. The lowest BCUT2D eigenvalue weighted by atomic mass is 10.1. The molecule has 3 N–H and O–H groups in total. The lowest BCUT2D eigenvalue weighted by molar-refractivity contribution is -0.115. The van der Waals surface area contributed by atoms with Gasteiger partial charge in [-0.2, -0.15) is 0 Å². The van der Waals surface area contributed by atoms with Gasteiger partial charge in [-0.3, -0.25) is 19.7 Å². The van der Waals surface area contributed by atoms with Gasteiger partial charge in [-0.15, -0.1) is 0 Å². The number of anilines is 1. The lowest BCUT2D eigenvalue weighted by Crippen LogP contribution is -2.29. The fraction of sp³-hybridized carbons (Fsp3) is 0.308. The molecule has 0 saturated heterocycles. The molecule has 3 amide bonds. The Hall–Kier alpha value is -2.21. The molecule has 1 heterocycles. The highest BCUT2D eigenvalue weighted by Gasteiger charge is 2.27. The molecule has 1 aliphatic carbocycles. The van der Waals surface area contributed by atoms with Crippen LogP contribution in [0.1, 0.15) is 33.6 Å². The van der Waals surface area contributed by atoms with Gasteiger partial charge in [-0.1, -0.05) is 0 Å². The predicted molar refractivity (Wildman–Crippen MR) is 67.9 cm³/mol. The van der Waals surface area contributed by atoms with E-state index in [1.807, 2.05) is 0 Å². The third kappa shape index (κ3) is 2.48. The standard InChI is InChI=1S/C13H13N3O3/c17-11(6-14-7-1-2-7)15-8-3-4-9-10(5-8)13(19)16-12(9)18/h3-5,7,14H,1-2,6H2,(H,15,17)(H,16,18,19). The first-order valence-corrected chi connectivity index (χ1v) is 6.16. The molecule has 0 spiro atoms. The maximum atomic E-state index is 11.6. The number of rotatable bonds is 4. The van der Waals surface area contributed by atoms with Crippen molar-refractivity contribution in [3.8, 4) is 0 Å². The van der Waals surface area contributed by atoms with Crippen LogP contribution in [0.5, 0.6) is 0 Å². The Bertz CT molecular complexity index is 578. The van der Waals surface area contributed by atoms with Crippen LogP contribution >= 0.6 is 0 Å². The first-order valence-electron chi connectivity index (χ1n) is 6.16. The molecule has 1 saturated carbocycles. The van der Waals surface area contributed by atoms with E-state index in [9.17, 15) is 14.4 Å². The van der Waals surface area contributed by atoms with Crippen molar-refractivity contribution >= 4 is 23.4 Å². The molecule has 0 bridgehead atoms. The van der Waals surface area contributed by atoms with Crippen LogP contribution < -0.4 is 16.0 Å². The molecule has 98 valence electrons. The smallest absolute Gasteiger partial charge is 0.259 e. The maximum absolute atomic E-state index is 11.6. The SMILES string of the molecule is O=C(CNC1CC1)Nc1ccc2c(c1)C(=O)NC2=O. The van der Waals surface area contributed by atoms with E-state index in [1.165, 1.54) is 6.07 Å². The summed E-state index contributed by atoms with van der Waals surface area (Å²) in [6.07, 6.45) is 2.24. The minimum absolute atomic E-state index is 0.156. The maximum Gasteiger partial charge on any atom is 0.259 e. The molecule has 0 unspecified atom stereocenters. The minimum atomic E-state index is -0.424. The van der Waals surface area contributed by atoms with Gasteiger partial charge in [-0.05, 0) is 31.0 Å². The Morgan fingerprint density at radius 1 is 1.21 bits per heavy atom. The molecule has 2 aliphatic rings. The Morgan fingerprint density at radius 2 is 1.95 bits per heavy atom. The van der Waals surface area contributed by atoms with Crippen LogP contribution in [0.3, 0.4) is 0 Å². The number of fused-ring (bicyclic) bond motifs is 1. The Labute approximate surface area is 109 Å². The van der Waals surface area contributed by atoms with Crippen LogP contribution in [0, 0.1) is 0 Å². The van der Waals surface area contributed by atoms with Gasteiger partial charge in [0.1, 0.15) is 0 Å². The molecule has 6 nitrogen and oxygen atoms in total. The Morgan fingerprint density at radius 3 is 2.68 bits per heavy atom. The molecule has 3 rings (SSSR count). The van der Waals surface area contributed by atoms with Crippen molar-refractivity contribution in [2.24, 2.45) is 0 Å². The van der Waals surface area contributed by atoms with Gasteiger partial charge in [0, 0.05) is 11.7 Å². The van der Waals surface area contributed by atoms with Crippen LogP contribution in [-0.4, -0.2) is 30.3 Å². The summed E-state index contributed by atoms with van der Waals surface area (Å²) in [4.78, 5) is 34.5. The third-order valence-electron chi connectivity index (χ3n) is 3.15. The molecular weight excluding hydrogens is 246 g/mol. The van der Waals surface area contributed by atoms with Crippen molar-refractivity contribution in [1.29, 1.82) is 0 Å². The zero-order valence-electron chi connectivity index (χ0n) is 10.2. The van der Waals surface area contributed by atoms with E-state index < -0.39 is 11.8 Å². The van der Waals surface area contributed by atoms with Crippen LogP contribution in [0.4, 0.5) is 5.69 Å².